The van der Waals surface area contributed by atoms with Crippen LogP contribution in [-0.2, 0) is 4.74 Å². The van der Waals surface area contributed by atoms with Crippen molar-refractivity contribution in [3.63, 3.8) is 0 Å². The van der Waals surface area contributed by atoms with Gasteiger partial charge in [0, 0.05) is 30.4 Å². The fourth-order valence-electron chi connectivity index (χ4n) is 2.95. The number of benzene rings is 1. The molecule has 20 heavy (non-hydrogen) atoms. The van der Waals surface area contributed by atoms with E-state index >= 15 is 0 Å². The van der Waals surface area contributed by atoms with E-state index in [4.69, 9.17) is 9.47 Å². The highest BCUT2D eigenvalue weighted by Gasteiger charge is 2.24. The van der Waals surface area contributed by atoms with Crippen LogP contribution in [0.1, 0.15) is 13.8 Å². The summed E-state index contributed by atoms with van der Waals surface area (Å²) < 4.78 is 11.2. The van der Waals surface area contributed by atoms with Gasteiger partial charge in [-0.15, -0.1) is 0 Å². The van der Waals surface area contributed by atoms with Crippen molar-refractivity contribution in [2.24, 2.45) is 0 Å². The molecule has 1 aliphatic rings. The van der Waals surface area contributed by atoms with E-state index in [1.165, 1.54) is 5.69 Å². The third-order valence-electron chi connectivity index (χ3n) is 3.69. The first-order valence-electron chi connectivity index (χ1n) is 7.01. The average molecular weight is 272 g/mol. The van der Waals surface area contributed by atoms with Crippen molar-refractivity contribution in [1.29, 1.82) is 0 Å². The SMILES string of the molecule is COc1ccc(N2C[C@H](C)O[C@@H](C)C2)c2cccnc12. The first-order valence-corrected chi connectivity index (χ1v) is 7.01. The molecule has 0 radical (unpaired) electrons. The second-order valence-corrected chi connectivity index (χ2v) is 5.35. The molecular weight excluding hydrogens is 252 g/mol. The summed E-state index contributed by atoms with van der Waals surface area (Å²) in [5.41, 5.74) is 2.12. The van der Waals surface area contributed by atoms with Crippen LogP contribution in [0.15, 0.2) is 30.5 Å². The van der Waals surface area contributed by atoms with Crippen LogP contribution in [0.4, 0.5) is 5.69 Å². The van der Waals surface area contributed by atoms with E-state index in [1.807, 2.05) is 12.1 Å². The average Bonchev–Trinajstić information content (AvgIpc) is 2.45. The molecule has 2 heterocycles. The standard InChI is InChI=1S/C16H20N2O2/c1-11-9-18(10-12(2)20-11)14-6-7-15(19-3)16-13(14)5-4-8-17-16/h4-8,11-12H,9-10H2,1-3H3/t11-,12-/m0/s1. The molecule has 0 bridgehead atoms. The lowest BCUT2D eigenvalue weighted by atomic mass is 10.1. The summed E-state index contributed by atoms with van der Waals surface area (Å²) in [7, 11) is 1.68. The maximum Gasteiger partial charge on any atom is 0.145 e. The van der Waals surface area contributed by atoms with Crippen molar-refractivity contribution in [2.75, 3.05) is 25.1 Å². The molecule has 3 rings (SSSR count). The van der Waals surface area contributed by atoms with Gasteiger partial charge in [0.15, 0.2) is 0 Å². The largest absolute Gasteiger partial charge is 0.494 e. The number of ether oxygens (including phenoxy) is 2. The minimum absolute atomic E-state index is 0.243. The van der Waals surface area contributed by atoms with Crippen LogP contribution in [0.3, 0.4) is 0 Å². The van der Waals surface area contributed by atoms with Crippen LogP contribution in [-0.4, -0.2) is 37.4 Å². The molecule has 1 aromatic carbocycles. The molecule has 106 valence electrons. The Labute approximate surface area is 119 Å². The van der Waals surface area contributed by atoms with Gasteiger partial charge in [-0.25, -0.2) is 0 Å². The zero-order valence-electron chi connectivity index (χ0n) is 12.2. The van der Waals surface area contributed by atoms with Crippen molar-refractivity contribution in [3.05, 3.63) is 30.5 Å². The molecular formula is C16H20N2O2. The third-order valence-corrected chi connectivity index (χ3v) is 3.69. The number of fused-ring (bicyclic) bond motifs is 1. The second kappa shape index (κ2) is 5.29. The van der Waals surface area contributed by atoms with Gasteiger partial charge >= 0.3 is 0 Å². The van der Waals surface area contributed by atoms with E-state index in [9.17, 15) is 0 Å². The summed E-state index contributed by atoms with van der Waals surface area (Å²) >= 11 is 0. The van der Waals surface area contributed by atoms with Crippen LogP contribution >= 0.6 is 0 Å². The first-order chi connectivity index (χ1) is 9.69. The Morgan fingerprint density at radius 3 is 2.65 bits per heavy atom. The molecule has 1 aromatic heterocycles. The predicted octanol–water partition coefficient (Wildman–Crippen LogP) is 2.86. The Morgan fingerprint density at radius 2 is 1.95 bits per heavy atom. The Morgan fingerprint density at radius 1 is 1.20 bits per heavy atom. The Balaban J connectivity index is 2.08. The van der Waals surface area contributed by atoms with Gasteiger partial charge in [0.25, 0.3) is 0 Å². The third kappa shape index (κ3) is 2.31. The van der Waals surface area contributed by atoms with E-state index in [2.05, 4.69) is 35.9 Å². The van der Waals surface area contributed by atoms with Gasteiger partial charge in [-0.05, 0) is 38.1 Å². The lowest BCUT2D eigenvalue weighted by Crippen LogP contribution is -2.45. The molecule has 0 saturated carbocycles. The Bertz CT molecular complexity index is 604. The lowest BCUT2D eigenvalue weighted by molar-refractivity contribution is -0.00513. The summed E-state index contributed by atoms with van der Waals surface area (Å²) in [6, 6.07) is 8.19. The summed E-state index contributed by atoms with van der Waals surface area (Å²) in [6.07, 6.45) is 2.29. The first kappa shape index (κ1) is 13.2. The molecule has 1 saturated heterocycles. The Kier molecular flexibility index (Phi) is 3.49. The molecule has 0 spiro atoms. The zero-order valence-corrected chi connectivity index (χ0v) is 12.2. The fraction of sp³-hybridized carbons (Fsp3) is 0.438. The zero-order chi connectivity index (χ0) is 14.1. The van der Waals surface area contributed by atoms with E-state index < -0.39 is 0 Å². The number of morpholine rings is 1. The number of methoxy groups -OCH3 is 1. The van der Waals surface area contributed by atoms with Gasteiger partial charge in [0.1, 0.15) is 11.3 Å². The quantitative estimate of drug-likeness (QED) is 0.842. The van der Waals surface area contributed by atoms with Gasteiger partial charge in [0.2, 0.25) is 0 Å². The van der Waals surface area contributed by atoms with Crippen LogP contribution in [0.25, 0.3) is 10.9 Å². The number of aromatic nitrogens is 1. The van der Waals surface area contributed by atoms with Crippen LogP contribution < -0.4 is 9.64 Å². The maximum absolute atomic E-state index is 5.81. The van der Waals surface area contributed by atoms with E-state index in [0.29, 0.717) is 0 Å². The lowest BCUT2D eigenvalue weighted by Gasteiger charge is -2.37. The summed E-state index contributed by atoms with van der Waals surface area (Å²) in [6.45, 7) is 6.04. The van der Waals surface area contributed by atoms with Crippen molar-refractivity contribution >= 4 is 16.6 Å². The Hall–Kier alpha value is -1.81. The number of hydrogen-bond donors (Lipinski definition) is 0. The number of rotatable bonds is 2. The normalized spacial score (nSPS) is 23.1. The monoisotopic (exact) mass is 272 g/mol. The van der Waals surface area contributed by atoms with Crippen molar-refractivity contribution in [3.8, 4) is 5.75 Å². The molecule has 0 amide bonds. The number of nitrogens with zero attached hydrogens (tertiary/aromatic N) is 2. The fourth-order valence-corrected chi connectivity index (χ4v) is 2.95. The van der Waals surface area contributed by atoms with Crippen LogP contribution in [0, 0.1) is 0 Å². The molecule has 4 heteroatoms. The highest BCUT2D eigenvalue weighted by molar-refractivity contribution is 5.95. The smallest absolute Gasteiger partial charge is 0.145 e. The number of pyridine rings is 1. The highest BCUT2D eigenvalue weighted by atomic mass is 16.5. The number of anilines is 1. The molecule has 0 unspecified atom stereocenters. The van der Waals surface area contributed by atoms with Gasteiger partial charge in [-0.3, -0.25) is 4.98 Å². The van der Waals surface area contributed by atoms with Gasteiger partial charge in [-0.2, -0.15) is 0 Å². The van der Waals surface area contributed by atoms with E-state index in [-0.39, 0.29) is 12.2 Å². The molecule has 1 aliphatic heterocycles. The number of hydrogen-bond acceptors (Lipinski definition) is 4. The summed E-state index contributed by atoms with van der Waals surface area (Å²) in [4.78, 5) is 6.84. The highest BCUT2D eigenvalue weighted by Crippen LogP contribution is 2.33. The molecule has 2 atom stereocenters. The van der Waals surface area contributed by atoms with E-state index in [1.54, 1.807) is 13.3 Å². The molecule has 0 N–H and O–H groups in total. The van der Waals surface area contributed by atoms with Crippen LogP contribution in [0.5, 0.6) is 5.75 Å². The van der Waals surface area contributed by atoms with Gasteiger partial charge in [0.05, 0.1) is 19.3 Å². The van der Waals surface area contributed by atoms with Crippen molar-refractivity contribution < 1.29 is 9.47 Å². The van der Waals surface area contributed by atoms with Crippen molar-refractivity contribution in [1.82, 2.24) is 4.98 Å². The van der Waals surface area contributed by atoms with Gasteiger partial charge in [-0.1, -0.05) is 0 Å². The topological polar surface area (TPSA) is 34.6 Å². The minimum Gasteiger partial charge on any atom is -0.494 e. The maximum atomic E-state index is 5.81. The van der Waals surface area contributed by atoms with E-state index in [0.717, 1.165) is 29.7 Å². The molecule has 0 aliphatic carbocycles. The molecule has 1 fully saturated rings. The van der Waals surface area contributed by atoms with Gasteiger partial charge < -0.3 is 14.4 Å². The summed E-state index contributed by atoms with van der Waals surface area (Å²) in [5.74, 6) is 0.818. The predicted molar refractivity (Wildman–Crippen MR) is 80.5 cm³/mol. The van der Waals surface area contributed by atoms with Crippen molar-refractivity contribution in [2.45, 2.75) is 26.1 Å². The minimum atomic E-state index is 0.243. The molecule has 2 aromatic rings. The van der Waals surface area contributed by atoms with Crippen LogP contribution in [0.2, 0.25) is 0 Å². The second-order valence-electron chi connectivity index (χ2n) is 5.35. The summed E-state index contributed by atoms with van der Waals surface area (Å²) in [5, 5.41) is 1.13. The molecule has 4 nitrogen and oxygen atoms in total.